The summed E-state index contributed by atoms with van der Waals surface area (Å²) < 4.78 is 13.0. The Kier molecular flexibility index (Phi) is 3.41. The first-order valence-corrected chi connectivity index (χ1v) is 4.01. The van der Waals surface area contributed by atoms with Crippen LogP contribution in [0.2, 0.25) is 0 Å². The van der Waals surface area contributed by atoms with Crippen LogP contribution in [0, 0.1) is 18.2 Å². The van der Waals surface area contributed by atoms with E-state index >= 15 is 0 Å². The molecule has 0 saturated heterocycles. The van der Waals surface area contributed by atoms with Crippen molar-refractivity contribution in [2.45, 2.75) is 0 Å². The fourth-order valence-corrected chi connectivity index (χ4v) is 0.896. The van der Waals surface area contributed by atoms with E-state index in [-0.39, 0.29) is 11.5 Å². The summed E-state index contributed by atoms with van der Waals surface area (Å²) in [6.07, 6.45) is 6.47. The molecule has 76 valence electrons. The molecule has 0 bridgehead atoms. The van der Waals surface area contributed by atoms with Gasteiger partial charge in [0.15, 0.2) is 0 Å². The van der Waals surface area contributed by atoms with Crippen LogP contribution in [0.1, 0.15) is 11.1 Å². The average molecular weight is 204 g/mol. The number of terminal acetylenes is 1. The van der Waals surface area contributed by atoms with Crippen molar-refractivity contribution in [1.82, 2.24) is 0 Å². The number of nitrogens with zero attached hydrogens (tertiary/aromatic N) is 2. The zero-order valence-electron chi connectivity index (χ0n) is 7.81. The molecule has 0 saturated carbocycles. The third-order valence-corrected chi connectivity index (χ3v) is 1.53. The first-order valence-electron chi connectivity index (χ1n) is 4.01. The lowest BCUT2D eigenvalue weighted by Crippen LogP contribution is -2.21. The highest BCUT2D eigenvalue weighted by Crippen LogP contribution is 2.07. The summed E-state index contributed by atoms with van der Waals surface area (Å²) in [5.74, 6) is 1.62. The number of guanidine groups is 1. The lowest BCUT2D eigenvalue weighted by atomic mass is 10.1. The summed E-state index contributed by atoms with van der Waals surface area (Å²) in [5.41, 5.74) is 10.9. The van der Waals surface area contributed by atoms with E-state index in [2.05, 4.69) is 16.1 Å². The Morgan fingerprint density at radius 2 is 2.20 bits per heavy atom. The molecule has 0 spiro atoms. The first kappa shape index (κ1) is 10.7. The van der Waals surface area contributed by atoms with Gasteiger partial charge in [0.1, 0.15) is 5.82 Å². The standard InChI is InChI=1S/C10H9FN4/c1-2-8-5-7(3-4-9(8)11)6-14-15-10(12)13/h1,3-6H,(H4,12,13,15). The van der Waals surface area contributed by atoms with Gasteiger partial charge in [-0.25, -0.2) is 4.39 Å². The van der Waals surface area contributed by atoms with Crippen LogP contribution in [0.5, 0.6) is 0 Å². The van der Waals surface area contributed by atoms with Gasteiger partial charge in [0.2, 0.25) is 5.96 Å². The van der Waals surface area contributed by atoms with Gasteiger partial charge in [0, 0.05) is 0 Å². The van der Waals surface area contributed by atoms with E-state index in [0.29, 0.717) is 5.56 Å². The van der Waals surface area contributed by atoms with Crippen molar-refractivity contribution in [1.29, 1.82) is 0 Å². The molecule has 1 rings (SSSR count). The molecule has 0 aromatic heterocycles. The van der Waals surface area contributed by atoms with Crippen LogP contribution in [0.15, 0.2) is 28.4 Å². The minimum Gasteiger partial charge on any atom is -0.369 e. The molecule has 0 heterocycles. The van der Waals surface area contributed by atoms with Gasteiger partial charge in [0.05, 0.1) is 11.8 Å². The Morgan fingerprint density at radius 3 is 2.80 bits per heavy atom. The lowest BCUT2D eigenvalue weighted by molar-refractivity contribution is 0.624. The van der Waals surface area contributed by atoms with Gasteiger partial charge >= 0.3 is 0 Å². The summed E-state index contributed by atoms with van der Waals surface area (Å²) in [5, 5.41) is 6.96. The summed E-state index contributed by atoms with van der Waals surface area (Å²) in [7, 11) is 0. The van der Waals surface area contributed by atoms with Crippen molar-refractivity contribution in [3.63, 3.8) is 0 Å². The van der Waals surface area contributed by atoms with Gasteiger partial charge in [-0.05, 0) is 17.7 Å². The van der Waals surface area contributed by atoms with Crippen molar-refractivity contribution in [2.24, 2.45) is 21.7 Å². The van der Waals surface area contributed by atoms with E-state index in [0.717, 1.165) is 0 Å². The van der Waals surface area contributed by atoms with Crippen LogP contribution in [0.4, 0.5) is 4.39 Å². The summed E-state index contributed by atoms with van der Waals surface area (Å²) in [6, 6.07) is 4.25. The van der Waals surface area contributed by atoms with Crippen LogP contribution in [-0.4, -0.2) is 12.2 Å². The molecule has 0 unspecified atom stereocenters. The molecule has 0 fully saturated rings. The fraction of sp³-hybridized carbons (Fsp3) is 0. The predicted molar refractivity (Wildman–Crippen MR) is 57.7 cm³/mol. The number of hydrogen-bond donors (Lipinski definition) is 2. The maximum absolute atomic E-state index is 13.0. The quantitative estimate of drug-likeness (QED) is 0.317. The molecule has 5 heteroatoms. The molecular weight excluding hydrogens is 195 g/mol. The Hall–Kier alpha value is -2.35. The zero-order valence-corrected chi connectivity index (χ0v) is 7.81. The van der Waals surface area contributed by atoms with E-state index in [1.54, 1.807) is 0 Å². The Bertz CT molecular complexity index is 453. The first-order chi connectivity index (χ1) is 7.13. The van der Waals surface area contributed by atoms with Gasteiger partial charge in [-0.2, -0.15) is 5.10 Å². The number of halogens is 1. The average Bonchev–Trinajstić information content (AvgIpc) is 2.20. The SMILES string of the molecule is C#Cc1cc(C=NN=C(N)N)ccc1F. The number of benzene rings is 1. The minimum atomic E-state index is -0.448. The minimum absolute atomic E-state index is 0.148. The second kappa shape index (κ2) is 4.77. The van der Waals surface area contributed by atoms with Gasteiger partial charge in [-0.15, -0.1) is 11.5 Å². The molecule has 0 aliphatic carbocycles. The number of hydrogen-bond acceptors (Lipinski definition) is 2. The van der Waals surface area contributed by atoms with Crippen LogP contribution < -0.4 is 11.5 Å². The summed E-state index contributed by atoms with van der Waals surface area (Å²) in [6.45, 7) is 0. The van der Waals surface area contributed by atoms with Gasteiger partial charge in [-0.3, -0.25) is 0 Å². The van der Waals surface area contributed by atoms with Crippen molar-refractivity contribution in [3.05, 3.63) is 35.1 Å². The smallest absolute Gasteiger partial charge is 0.211 e. The summed E-state index contributed by atoms with van der Waals surface area (Å²) >= 11 is 0. The van der Waals surface area contributed by atoms with Crippen molar-refractivity contribution in [3.8, 4) is 12.3 Å². The molecule has 0 aliphatic rings. The third-order valence-electron chi connectivity index (χ3n) is 1.53. The Balaban J connectivity index is 2.94. The van der Waals surface area contributed by atoms with Gasteiger partial charge < -0.3 is 11.5 Å². The van der Waals surface area contributed by atoms with Crippen molar-refractivity contribution in [2.75, 3.05) is 0 Å². The normalized spacial score (nSPS) is 9.87. The molecule has 0 radical (unpaired) electrons. The van der Waals surface area contributed by atoms with Crippen LogP contribution in [-0.2, 0) is 0 Å². The monoisotopic (exact) mass is 204 g/mol. The predicted octanol–water partition coefficient (Wildman–Crippen LogP) is 0.414. The Morgan fingerprint density at radius 1 is 1.47 bits per heavy atom. The topological polar surface area (TPSA) is 76.8 Å². The van der Waals surface area contributed by atoms with Crippen molar-refractivity contribution >= 4 is 12.2 Å². The van der Waals surface area contributed by atoms with Crippen LogP contribution in [0.3, 0.4) is 0 Å². The van der Waals surface area contributed by atoms with Gasteiger partial charge in [0.25, 0.3) is 0 Å². The largest absolute Gasteiger partial charge is 0.369 e. The van der Waals surface area contributed by atoms with Crippen molar-refractivity contribution < 1.29 is 4.39 Å². The maximum Gasteiger partial charge on any atom is 0.211 e. The molecule has 0 aliphatic heterocycles. The number of nitrogens with two attached hydrogens (primary N) is 2. The maximum atomic E-state index is 13.0. The fourth-order valence-electron chi connectivity index (χ4n) is 0.896. The van der Waals surface area contributed by atoms with E-state index in [4.69, 9.17) is 17.9 Å². The molecule has 1 aromatic carbocycles. The second-order valence-electron chi connectivity index (χ2n) is 2.65. The summed E-state index contributed by atoms with van der Waals surface area (Å²) in [4.78, 5) is 0. The van der Waals surface area contributed by atoms with Crippen LogP contribution >= 0.6 is 0 Å². The highest BCUT2D eigenvalue weighted by molar-refractivity contribution is 5.82. The number of rotatable bonds is 2. The second-order valence-corrected chi connectivity index (χ2v) is 2.65. The molecule has 0 amide bonds. The van der Waals surface area contributed by atoms with E-state index < -0.39 is 5.82 Å². The van der Waals surface area contributed by atoms with E-state index in [1.807, 2.05) is 0 Å². The molecule has 4 N–H and O–H groups in total. The molecule has 4 nitrogen and oxygen atoms in total. The highest BCUT2D eigenvalue weighted by Gasteiger charge is 1.98. The Labute approximate surface area is 86.5 Å². The van der Waals surface area contributed by atoms with E-state index in [1.165, 1.54) is 24.4 Å². The van der Waals surface area contributed by atoms with Crippen LogP contribution in [0.25, 0.3) is 0 Å². The van der Waals surface area contributed by atoms with E-state index in [9.17, 15) is 4.39 Å². The molecule has 0 atom stereocenters. The lowest BCUT2D eigenvalue weighted by Gasteiger charge is -1.95. The third kappa shape index (κ3) is 3.12. The molecular formula is C10H9FN4. The molecule has 1 aromatic rings. The molecule has 15 heavy (non-hydrogen) atoms. The highest BCUT2D eigenvalue weighted by atomic mass is 19.1. The zero-order chi connectivity index (χ0) is 11.3. The van der Waals surface area contributed by atoms with Gasteiger partial charge in [-0.1, -0.05) is 12.0 Å².